The van der Waals surface area contributed by atoms with Crippen molar-refractivity contribution in [1.82, 2.24) is 4.48 Å². The molecule has 0 amide bonds. The Morgan fingerprint density at radius 1 is 1.19 bits per heavy atom. The molecule has 0 radical (unpaired) electrons. The summed E-state index contributed by atoms with van der Waals surface area (Å²) in [4.78, 5) is 4.14. The monoisotopic (exact) mass is 299 g/mol. The van der Waals surface area contributed by atoms with Crippen LogP contribution in [0.1, 0.15) is 25.3 Å². The van der Waals surface area contributed by atoms with Gasteiger partial charge in [-0.3, -0.25) is 0 Å². The third-order valence-electron chi connectivity index (χ3n) is 3.67. The quantitative estimate of drug-likeness (QED) is 0.826. The molecule has 6 heteroatoms. The van der Waals surface area contributed by atoms with Gasteiger partial charge < -0.3 is 5.11 Å². The molecule has 1 heterocycles. The molecule has 1 aromatic rings. The van der Waals surface area contributed by atoms with Gasteiger partial charge in [-0.15, -0.1) is 0 Å². The maximum Gasteiger partial charge on any atom is 0.416 e. The van der Waals surface area contributed by atoms with Crippen molar-refractivity contribution in [3.05, 3.63) is 42.2 Å². The van der Waals surface area contributed by atoms with Crippen LogP contribution >= 0.6 is 0 Å². The van der Waals surface area contributed by atoms with E-state index in [9.17, 15) is 18.3 Å². The number of halogens is 3. The fraction of sp³-hybridized carbons (Fsp3) is 0.400. The highest BCUT2D eigenvalue weighted by atomic mass is 19.4. The number of amidine groups is 1. The van der Waals surface area contributed by atoms with Gasteiger partial charge in [-0.2, -0.15) is 13.2 Å². The predicted octanol–water partition coefficient (Wildman–Crippen LogP) is 3.69. The topological polar surface area (TPSA) is 32.6 Å². The van der Waals surface area contributed by atoms with Gasteiger partial charge in [-0.1, -0.05) is 13.3 Å². The van der Waals surface area contributed by atoms with E-state index in [1.165, 1.54) is 12.1 Å². The molecule has 2 rings (SSSR count). The molecule has 0 aromatic heterocycles. The molecule has 114 valence electrons. The van der Waals surface area contributed by atoms with Crippen LogP contribution in [-0.4, -0.2) is 24.1 Å². The van der Waals surface area contributed by atoms with Crippen LogP contribution in [0.3, 0.4) is 0 Å². The SMILES string of the molecule is CCCC[N+]1(c2ccc(C(F)(F)F)cc2)C=CN=C1CO. The van der Waals surface area contributed by atoms with E-state index >= 15 is 0 Å². The molecule has 1 aliphatic rings. The molecule has 0 spiro atoms. The Hall–Kier alpha value is -1.66. The van der Waals surface area contributed by atoms with Crippen molar-refractivity contribution < 1.29 is 18.3 Å². The number of aliphatic imine (C=N–C) groups is 1. The average Bonchev–Trinajstić information content (AvgIpc) is 2.88. The molecule has 21 heavy (non-hydrogen) atoms. The lowest BCUT2D eigenvalue weighted by atomic mass is 10.1. The number of alkyl halides is 3. The second-order valence-corrected chi connectivity index (χ2v) is 4.99. The molecule has 1 unspecified atom stereocenters. The number of hydrogen-bond donors (Lipinski definition) is 1. The predicted molar refractivity (Wildman–Crippen MR) is 76.7 cm³/mol. The molecule has 0 saturated carbocycles. The minimum Gasteiger partial charge on any atom is -0.384 e. The molecule has 0 bridgehead atoms. The Bertz CT molecular complexity index is 549. The van der Waals surface area contributed by atoms with Gasteiger partial charge in [-0.05, 0) is 18.6 Å². The Balaban J connectivity index is 2.39. The third kappa shape index (κ3) is 3.01. The van der Waals surface area contributed by atoms with Gasteiger partial charge in [-0.25, -0.2) is 9.48 Å². The zero-order chi connectivity index (χ0) is 15.5. The second kappa shape index (κ2) is 5.99. The van der Waals surface area contributed by atoms with E-state index in [4.69, 9.17) is 0 Å². The summed E-state index contributed by atoms with van der Waals surface area (Å²) in [5.41, 5.74) is 0.00329. The molecule has 1 aromatic carbocycles. The summed E-state index contributed by atoms with van der Waals surface area (Å²) in [5, 5.41) is 9.48. The lowest BCUT2D eigenvalue weighted by Gasteiger charge is -2.31. The van der Waals surface area contributed by atoms with Crippen molar-refractivity contribution in [3.63, 3.8) is 0 Å². The van der Waals surface area contributed by atoms with E-state index in [2.05, 4.69) is 4.99 Å². The van der Waals surface area contributed by atoms with Crippen LogP contribution in [0, 0.1) is 0 Å². The van der Waals surface area contributed by atoms with Gasteiger partial charge in [0.05, 0.1) is 18.3 Å². The Morgan fingerprint density at radius 2 is 1.86 bits per heavy atom. The van der Waals surface area contributed by atoms with E-state index in [1.807, 2.05) is 13.1 Å². The number of unbranched alkanes of at least 4 members (excludes halogenated alkanes) is 1. The maximum absolute atomic E-state index is 12.7. The standard InChI is InChI=1S/C15H18F3N2O/c1-2-3-9-20(10-8-19-14(20)11-21)13-6-4-12(5-7-13)15(16,17)18/h4-8,10,21H,2-3,9,11H2,1H3/q+1. The van der Waals surface area contributed by atoms with Crippen LogP contribution < -0.4 is 4.48 Å². The number of aliphatic hydroxyl groups excluding tert-OH is 1. The van der Waals surface area contributed by atoms with E-state index < -0.39 is 11.7 Å². The van der Waals surface area contributed by atoms with E-state index in [-0.39, 0.29) is 11.1 Å². The highest BCUT2D eigenvalue weighted by molar-refractivity contribution is 5.97. The third-order valence-corrected chi connectivity index (χ3v) is 3.67. The number of hydrogen-bond acceptors (Lipinski definition) is 2. The second-order valence-electron chi connectivity index (χ2n) is 4.99. The molecule has 0 fully saturated rings. The van der Waals surface area contributed by atoms with Gasteiger partial charge in [0, 0.05) is 12.1 Å². The van der Waals surface area contributed by atoms with E-state index in [0.717, 1.165) is 25.0 Å². The van der Waals surface area contributed by atoms with Crippen LogP contribution in [0.2, 0.25) is 0 Å². The highest BCUT2D eigenvalue weighted by Crippen LogP contribution is 2.34. The molecule has 1 N–H and O–H groups in total. The van der Waals surface area contributed by atoms with Crippen molar-refractivity contribution in [1.29, 1.82) is 0 Å². The van der Waals surface area contributed by atoms with Gasteiger partial charge >= 0.3 is 6.18 Å². The zero-order valence-electron chi connectivity index (χ0n) is 11.8. The lowest BCUT2D eigenvalue weighted by Crippen LogP contribution is -2.50. The number of nitrogens with zero attached hydrogens (tertiary/aromatic N) is 2. The lowest BCUT2D eigenvalue weighted by molar-refractivity contribution is -0.137. The molecular formula is C15H18F3N2O+. The first-order valence-corrected chi connectivity index (χ1v) is 6.85. The molecular weight excluding hydrogens is 281 g/mol. The summed E-state index contributed by atoms with van der Waals surface area (Å²) in [7, 11) is 0. The van der Waals surface area contributed by atoms with Crippen molar-refractivity contribution in [3.8, 4) is 0 Å². The molecule has 0 saturated heterocycles. The molecule has 1 atom stereocenters. The first-order chi connectivity index (χ1) is 9.94. The minimum atomic E-state index is -4.35. The fourth-order valence-electron chi connectivity index (χ4n) is 2.48. The summed E-state index contributed by atoms with van der Waals surface area (Å²) in [6.07, 6.45) is 0.891. The Labute approximate surface area is 121 Å². The number of benzene rings is 1. The Kier molecular flexibility index (Phi) is 4.49. The number of quaternary nitrogens is 1. The van der Waals surface area contributed by atoms with Gasteiger partial charge in [0.15, 0.2) is 0 Å². The first kappa shape index (κ1) is 15.7. The van der Waals surface area contributed by atoms with Crippen LogP contribution in [0.25, 0.3) is 0 Å². The van der Waals surface area contributed by atoms with Crippen LogP contribution in [0.5, 0.6) is 0 Å². The van der Waals surface area contributed by atoms with Crippen molar-refractivity contribution in [2.24, 2.45) is 4.99 Å². The van der Waals surface area contributed by atoms with Crippen molar-refractivity contribution >= 4 is 11.5 Å². The summed E-state index contributed by atoms with van der Waals surface area (Å²) >= 11 is 0. The van der Waals surface area contributed by atoms with E-state index in [1.54, 1.807) is 6.20 Å². The summed E-state index contributed by atoms with van der Waals surface area (Å²) in [5.74, 6) is 0.531. The van der Waals surface area contributed by atoms with Crippen LogP contribution in [0.15, 0.2) is 41.7 Å². The summed E-state index contributed by atoms with van der Waals surface area (Å²) in [6.45, 7) is 2.48. The van der Waals surface area contributed by atoms with Gasteiger partial charge in [0.1, 0.15) is 18.5 Å². The number of aliphatic hydroxyl groups is 1. The van der Waals surface area contributed by atoms with Crippen LogP contribution in [0.4, 0.5) is 18.9 Å². The summed E-state index contributed by atoms with van der Waals surface area (Å²) < 4.78 is 38.2. The minimum absolute atomic E-state index is 0.197. The maximum atomic E-state index is 12.7. The first-order valence-electron chi connectivity index (χ1n) is 6.85. The molecule has 1 aliphatic heterocycles. The smallest absolute Gasteiger partial charge is 0.384 e. The highest BCUT2D eigenvalue weighted by Gasteiger charge is 2.38. The van der Waals surface area contributed by atoms with Crippen molar-refractivity contribution in [2.45, 2.75) is 25.9 Å². The van der Waals surface area contributed by atoms with Gasteiger partial charge in [0.2, 0.25) is 5.84 Å². The fourth-order valence-corrected chi connectivity index (χ4v) is 2.48. The normalized spacial score (nSPS) is 21.7. The largest absolute Gasteiger partial charge is 0.416 e. The van der Waals surface area contributed by atoms with E-state index in [0.29, 0.717) is 18.1 Å². The van der Waals surface area contributed by atoms with Gasteiger partial charge in [0.25, 0.3) is 0 Å². The van der Waals surface area contributed by atoms with Crippen LogP contribution in [-0.2, 0) is 6.18 Å². The summed E-state index contributed by atoms with van der Waals surface area (Å²) in [6, 6.07) is 5.06. The zero-order valence-corrected chi connectivity index (χ0v) is 11.8. The Morgan fingerprint density at radius 3 is 2.38 bits per heavy atom. The number of rotatable bonds is 5. The molecule has 0 aliphatic carbocycles. The molecule has 3 nitrogen and oxygen atoms in total. The average molecular weight is 299 g/mol. The van der Waals surface area contributed by atoms with Crippen molar-refractivity contribution in [2.75, 3.05) is 13.2 Å².